The number of carboxylic acid groups (broad SMARTS) is 1. The SMILES string of the molecule is Cn1cc(NC(=O)c2cnn3ccc(N[C@@H]4CCCNC4)nc23)c(C(F)F)n1.O=C(O)C(F)(F)F. The highest BCUT2D eigenvalue weighted by Crippen LogP contribution is 2.26. The number of aromatic nitrogens is 5. The average molecular weight is 504 g/mol. The third-order valence-electron chi connectivity index (χ3n) is 4.82. The molecule has 35 heavy (non-hydrogen) atoms. The number of carboxylic acids is 1. The van der Waals surface area contributed by atoms with Gasteiger partial charge in [0.1, 0.15) is 11.4 Å². The van der Waals surface area contributed by atoms with Crippen LogP contribution in [-0.2, 0) is 11.8 Å². The molecule has 0 saturated carbocycles. The van der Waals surface area contributed by atoms with Gasteiger partial charge in [-0.2, -0.15) is 23.4 Å². The fraction of sp³-hybridized carbons (Fsp3) is 0.421. The highest BCUT2D eigenvalue weighted by Gasteiger charge is 2.38. The number of piperidine rings is 1. The van der Waals surface area contributed by atoms with Crippen LogP contribution in [-0.4, -0.2) is 66.7 Å². The predicted molar refractivity (Wildman–Crippen MR) is 112 cm³/mol. The van der Waals surface area contributed by atoms with Gasteiger partial charge in [-0.25, -0.2) is 23.1 Å². The van der Waals surface area contributed by atoms with E-state index in [4.69, 9.17) is 9.90 Å². The van der Waals surface area contributed by atoms with Gasteiger partial charge < -0.3 is 21.1 Å². The van der Waals surface area contributed by atoms with Gasteiger partial charge in [0, 0.05) is 32.0 Å². The van der Waals surface area contributed by atoms with E-state index in [1.165, 1.54) is 28.6 Å². The van der Waals surface area contributed by atoms with E-state index in [-0.39, 0.29) is 17.3 Å². The Hall–Kier alpha value is -3.82. The van der Waals surface area contributed by atoms with Gasteiger partial charge in [-0.05, 0) is 25.5 Å². The minimum absolute atomic E-state index is 0.0376. The summed E-state index contributed by atoms with van der Waals surface area (Å²) in [6, 6.07) is 2.04. The highest BCUT2D eigenvalue weighted by atomic mass is 19.4. The van der Waals surface area contributed by atoms with E-state index in [0.29, 0.717) is 11.5 Å². The summed E-state index contributed by atoms with van der Waals surface area (Å²) in [7, 11) is 1.51. The first-order chi connectivity index (χ1) is 16.5. The maximum absolute atomic E-state index is 13.1. The zero-order valence-electron chi connectivity index (χ0n) is 18.2. The van der Waals surface area contributed by atoms with Crippen molar-refractivity contribution in [3.63, 3.8) is 0 Å². The van der Waals surface area contributed by atoms with Crippen molar-refractivity contribution in [1.82, 2.24) is 29.7 Å². The topological polar surface area (TPSA) is 138 Å². The van der Waals surface area contributed by atoms with Gasteiger partial charge in [0.25, 0.3) is 12.3 Å². The van der Waals surface area contributed by atoms with Crippen LogP contribution in [0.4, 0.5) is 33.5 Å². The molecule has 4 heterocycles. The van der Waals surface area contributed by atoms with Crippen LogP contribution in [0.1, 0.15) is 35.3 Å². The van der Waals surface area contributed by atoms with Crippen LogP contribution in [0.3, 0.4) is 0 Å². The number of aryl methyl sites for hydroxylation is 1. The molecule has 0 spiro atoms. The normalized spacial score (nSPS) is 16.0. The van der Waals surface area contributed by atoms with Gasteiger partial charge in [-0.1, -0.05) is 0 Å². The maximum Gasteiger partial charge on any atom is 0.490 e. The number of hydrogen-bond donors (Lipinski definition) is 4. The van der Waals surface area contributed by atoms with Crippen LogP contribution < -0.4 is 16.0 Å². The lowest BCUT2D eigenvalue weighted by atomic mass is 10.1. The molecule has 1 aliphatic rings. The first kappa shape index (κ1) is 25.8. The number of carbonyl (C=O) groups excluding carboxylic acids is 1. The fourth-order valence-electron chi connectivity index (χ4n) is 3.25. The van der Waals surface area contributed by atoms with Gasteiger partial charge in [-0.15, -0.1) is 0 Å². The van der Waals surface area contributed by atoms with Crippen molar-refractivity contribution in [3.05, 3.63) is 35.9 Å². The molecule has 1 atom stereocenters. The second-order valence-electron chi connectivity index (χ2n) is 7.49. The number of carbonyl (C=O) groups is 2. The first-order valence-corrected chi connectivity index (χ1v) is 10.2. The summed E-state index contributed by atoms with van der Waals surface area (Å²) >= 11 is 0. The summed E-state index contributed by atoms with van der Waals surface area (Å²) < 4.78 is 60.6. The van der Waals surface area contributed by atoms with Crippen LogP contribution in [0.2, 0.25) is 0 Å². The molecule has 1 aliphatic heterocycles. The number of rotatable bonds is 5. The third kappa shape index (κ3) is 6.62. The summed E-state index contributed by atoms with van der Waals surface area (Å²) in [6.45, 7) is 1.85. The van der Waals surface area contributed by atoms with Crippen LogP contribution in [0.15, 0.2) is 24.7 Å². The fourth-order valence-corrected chi connectivity index (χ4v) is 3.25. The Morgan fingerprint density at radius 3 is 2.63 bits per heavy atom. The van der Waals surface area contributed by atoms with Crippen LogP contribution in [0.25, 0.3) is 5.65 Å². The number of anilines is 2. The minimum atomic E-state index is -5.08. The molecule has 3 aromatic rings. The molecular weight excluding hydrogens is 483 g/mol. The van der Waals surface area contributed by atoms with Crippen molar-refractivity contribution in [2.45, 2.75) is 31.5 Å². The van der Waals surface area contributed by atoms with Crippen LogP contribution in [0.5, 0.6) is 0 Å². The summed E-state index contributed by atoms with van der Waals surface area (Å²) in [5.74, 6) is -2.70. The van der Waals surface area contributed by atoms with Crippen LogP contribution >= 0.6 is 0 Å². The minimum Gasteiger partial charge on any atom is -0.475 e. The van der Waals surface area contributed by atoms with E-state index in [1.54, 1.807) is 12.3 Å². The molecule has 16 heteroatoms. The van der Waals surface area contributed by atoms with E-state index in [9.17, 15) is 26.7 Å². The number of nitrogens with one attached hydrogen (secondary N) is 3. The number of nitrogens with zero attached hydrogens (tertiary/aromatic N) is 5. The van der Waals surface area contributed by atoms with Crippen molar-refractivity contribution in [2.75, 3.05) is 23.7 Å². The predicted octanol–water partition coefficient (Wildman–Crippen LogP) is 2.45. The van der Waals surface area contributed by atoms with E-state index >= 15 is 0 Å². The largest absolute Gasteiger partial charge is 0.490 e. The highest BCUT2D eigenvalue weighted by molar-refractivity contribution is 6.08. The van der Waals surface area contributed by atoms with Gasteiger partial charge in [0.05, 0.1) is 11.9 Å². The maximum atomic E-state index is 13.1. The molecular formula is C19H21F5N8O3. The molecule has 0 bridgehead atoms. The quantitative estimate of drug-likeness (QED) is 0.389. The molecule has 11 nitrogen and oxygen atoms in total. The summed E-state index contributed by atoms with van der Waals surface area (Å²) in [5.41, 5.74) is 0.0140. The van der Waals surface area contributed by atoms with E-state index in [0.717, 1.165) is 25.9 Å². The Morgan fingerprint density at radius 2 is 2.03 bits per heavy atom. The van der Waals surface area contributed by atoms with Crippen molar-refractivity contribution < 1.29 is 36.6 Å². The van der Waals surface area contributed by atoms with E-state index in [1.807, 2.05) is 0 Å². The number of hydrogen-bond acceptors (Lipinski definition) is 7. The lowest BCUT2D eigenvalue weighted by Gasteiger charge is -2.24. The summed E-state index contributed by atoms with van der Waals surface area (Å²) in [5, 5.41) is 24.1. The van der Waals surface area contributed by atoms with Crippen LogP contribution in [0, 0.1) is 0 Å². The molecule has 0 unspecified atom stereocenters. The Kier molecular flexibility index (Phi) is 7.83. The molecule has 4 rings (SSSR count). The lowest BCUT2D eigenvalue weighted by Crippen LogP contribution is -2.38. The van der Waals surface area contributed by atoms with Crippen molar-refractivity contribution in [3.8, 4) is 0 Å². The standard InChI is InChI=1S/C17H20F2N8O.C2HF3O2/c1-26-9-12(14(25-26)15(18)19)23-17(28)11-8-21-27-6-4-13(24-16(11)27)22-10-3-2-5-20-7-10;3-2(4,5)1(6)7/h4,6,8-10,15,20H,2-3,5,7H2,1H3,(H,22,24)(H,23,28);(H,6,7)/t10-;/m1./s1. The van der Waals surface area contributed by atoms with E-state index < -0.39 is 30.2 Å². The first-order valence-electron chi connectivity index (χ1n) is 10.2. The lowest BCUT2D eigenvalue weighted by molar-refractivity contribution is -0.192. The average Bonchev–Trinajstić information content (AvgIpc) is 3.37. The monoisotopic (exact) mass is 504 g/mol. The summed E-state index contributed by atoms with van der Waals surface area (Å²) in [4.78, 5) is 26.0. The van der Waals surface area contributed by atoms with Gasteiger partial charge >= 0.3 is 12.1 Å². The second kappa shape index (κ2) is 10.6. The second-order valence-corrected chi connectivity index (χ2v) is 7.49. The molecule has 190 valence electrons. The molecule has 1 fully saturated rings. The number of aliphatic carboxylic acids is 1. The zero-order valence-corrected chi connectivity index (χ0v) is 18.2. The molecule has 3 aromatic heterocycles. The van der Waals surface area contributed by atoms with Gasteiger partial charge in [-0.3, -0.25) is 9.48 Å². The van der Waals surface area contributed by atoms with Gasteiger partial charge in [0.15, 0.2) is 11.3 Å². The number of alkyl halides is 5. The third-order valence-corrected chi connectivity index (χ3v) is 4.82. The van der Waals surface area contributed by atoms with Crippen molar-refractivity contribution in [1.29, 1.82) is 0 Å². The molecule has 0 aliphatic carbocycles. The molecule has 0 radical (unpaired) electrons. The zero-order chi connectivity index (χ0) is 25.8. The Balaban J connectivity index is 0.000000429. The molecule has 1 saturated heterocycles. The Bertz CT molecular complexity index is 1190. The summed E-state index contributed by atoms with van der Waals surface area (Å²) in [6.07, 6.45) is -1.36. The number of fused-ring (bicyclic) bond motifs is 1. The van der Waals surface area contributed by atoms with Gasteiger partial charge in [0.2, 0.25) is 0 Å². The van der Waals surface area contributed by atoms with E-state index in [2.05, 4.69) is 31.1 Å². The Morgan fingerprint density at radius 1 is 1.31 bits per heavy atom. The molecule has 1 amide bonds. The number of halogens is 5. The number of amides is 1. The molecule has 0 aromatic carbocycles. The van der Waals surface area contributed by atoms with Crippen molar-refractivity contribution in [2.24, 2.45) is 7.05 Å². The smallest absolute Gasteiger partial charge is 0.475 e. The van der Waals surface area contributed by atoms with Crippen molar-refractivity contribution >= 4 is 29.0 Å². The Labute approximate surface area is 194 Å². The molecule has 4 N–H and O–H groups in total.